The van der Waals surface area contributed by atoms with Gasteiger partial charge in [0.25, 0.3) is 0 Å². The van der Waals surface area contributed by atoms with Crippen LogP contribution in [0.15, 0.2) is 0 Å². The Morgan fingerprint density at radius 2 is 1.81 bits per heavy atom. The average molecular weight is 226 g/mol. The van der Waals surface area contributed by atoms with E-state index in [-0.39, 0.29) is 5.50 Å². The summed E-state index contributed by atoms with van der Waals surface area (Å²) in [4.78, 5) is 0. The fourth-order valence-corrected chi connectivity index (χ4v) is 1.45. The lowest BCUT2D eigenvalue weighted by atomic mass is 9.28. The lowest BCUT2D eigenvalue weighted by molar-refractivity contribution is -0.00669. The van der Waals surface area contributed by atoms with Crippen LogP contribution in [0.1, 0.15) is 54.4 Å². The first-order chi connectivity index (χ1) is 7.16. The van der Waals surface area contributed by atoms with Crippen molar-refractivity contribution in [1.29, 1.82) is 0 Å². The Kier molecular flexibility index (Phi) is 6.73. The maximum Gasteiger partial charge on any atom is 0.127 e. The molecule has 0 saturated heterocycles. The quantitative estimate of drug-likeness (QED) is 0.640. The van der Waals surface area contributed by atoms with Crippen molar-refractivity contribution < 1.29 is 9.84 Å². The Labute approximate surface area is 103 Å². The summed E-state index contributed by atoms with van der Waals surface area (Å²) in [5, 5.41) is 9.59. The zero-order valence-electron chi connectivity index (χ0n) is 12.0. The Hall–Kier alpha value is 0.0499. The van der Waals surface area contributed by atoms with E-state index < -0.39 is 5.60 Å². The van der Waals surface area contributed by atoms with Gasteiger partial charge in [-0.25, -0.2) is 0 Å². The molecule has 0 heterocycles. The van der Waals surface area contributed by atoms with E-state index in [2.05, 4.69) is 27.7 Å². The molecule has 1 atom stereocenters. The molecule has 0 aromatic carbocycles. The molecule has 0 fully saturated rings. The lowest BCUT2D eigenvalue weighted by Gasteiger charge is -2.27. The molecule has 0 spiro atoms. The van der Waals surface area contributed by atoms with Crippen molar-refractivity contribution in [3.05, 3.63) is 0 Å². The molecular formula is C12H28B2O2. The van der Waals surface area contributed by atoms with Crippen LogP contribution < -0.4 is 0 Å². The van der Waals surface area contributed by atoms with Crippen LogP contribution in [0.4, 0.5) is 0 Å². The second kappa shape index (κ2) is 6.70. The molecule has 0 aliphatic rings. The summed E-state index contributed by atoms with van der Waals surface area (Å²) in [5.41, 5.74) is -0.679. The molecule has 0 amide bonds. The van der Waals surface area contributed by atoms with Crippen LogP contribution >= 0.6 is 0 Å². The van der Waals surface area contributed by atoms with Crippen LogP contribution in [0, 0.1) is 0 Å². The van der Waals surface area contributed by atoms with E-state index in [0.717, 1.165) is 13.0 Å². The van der Waals surface area contributed by atoms with Crippen LogP contribution in [-0.4, -0.2) is 37.2 Å². The fourth-order valence-electron chi connectivity index (χ4n) is 1.45. The third-order valence-electron chi connectivity index (χ3n) is 3.14. The summed E-state index contributed by atoms with van der Waals surface area (Å²) >= 11 is 0. The van der Waals surface area contributed by atoms with Crippen LogP contribution in [-0.2, 0) is 4.74 Å². The van der Waals surface area contributed by atoms with Crippen molar-refractivity contribution in [2.45, 2.75) is 71.3 Å². The van der Waals surface area contributed by atoms with Gasteiger partial charge in [0.15, 0.2) is 0 Å². The SMILES string of the molecule is CCC(C)BBC(C)(C)OCCC(C)(C)O. The van der Waals surface area contributed by atoms with Crippen LogP contribution in [0.2, 0.25) is 5.82 Å². The van der Waals surface area contributed by atoms with Gasteiger partial charge in [-0.3, -0.25) is 0 Å². The van der Waals surface area contributed by atoms with Crippen molar-refractivity contribution in [2.24, 2.45) is 0 Å². The summed E-state index contributed by atoms with van der Waals surface area (Å²) in [6, 6.07) is 0. The highest BCUT2D eigenvalue weighted by Gasteiger charge is 2.22. The first kappa shape index (κ1) is 16.0. The Balaban J connectivity index is 3.78. The van der Waals surface area contributed by atoms with Gasteiger partial charge in [-0.05, 0) is 34.1 Å². The number of hydrogen-bond acceptors (Lipinski definition) is 2. The summed E-state index contributed by atoms with van der Waals surface area (Å²) in [6.07, 6.45) is 1.93. The van der Waals surface area contributed by atoms with Crippen LogP contribution in [0.3, 0.4) is 0 Å². The summed E-state index contributed by atoms with van der Waals surface area (Å²) in [6.45, 7) is 13.1. The summed E-state index contributed by atoms with van der Waals surface area (Å²) in [5.74, 6) is 0.775. The average Bonchev–Trinajstić information content (AvgIpc) is 2.12. The van der Waals surface area contributed by atoms with E-state index in [1.807, 2.05) is 13.8 Å². The fraction of sp³-hybridized carbons (Fsp3) is 1.00. The first-order valence-electron chi connectivity index (χ1n) is 6.52. The van der Waals surface area contributed by atoms with Gasteiger partial charge in [-0.2, -0.15) is 0 Å². The van der Waals surface area contributed by atoms with Crippen molar-refractivity contribution >= 4 is 14.3 Å². The van der Waals surface area contributed by atoms with E-state index in [1.165, 1.54) is 13.6 Å². The third-order valence-corrected chi connectivity index (χ3v) is 3.14. The number of ether oxygens (including phenoxy) is 1. The Morgan fingerprint density at radius 3 is 2.25 bits per heavy atom. The Bertz CT molecular complexity index is 188. The highest BCUT2D eigenvalue weighted by molar-refractivity contribution is 7.02. The third kappa shape index (κ3) is 9.29. The van der Waals surface area contributed by atoms with Gasteiger partial charge in [-0.15, -0.1) is 0 Å². The largest absolute Gasteiger partial charge is 0.390 e. The molecule has 16 heavy (non-hydrogen) atoms. The highest BCUT2D eigenvalue weighted by Crippen LogP contribution is 2.14. The van der Waals surface area contributed by atoms with Gasteiger partial charge in [0.1, 0.15) is 7.17 Å². The minimum absolute atomic E-state index is 0.0608. The summed E-state index contributed by atoms with van der Waals surface area (Å²) in [7, 11) is 2.31. The standard InChI is InChI=1S/C12H28B2O2/c1-7-10(2)13-14-12(5,6)16-9-8-11(3,4)15/h10,13-15H,7-9H2,1-6H3. The molecule has 0 aliphatic heterocycles. The van der Waals surface area contributed by atoms with E-state index in [1.54, 1.807) is 0 Å². The lowest BCUT2D eigenvalue weighted by Crippen LogP contribution is -2.38. The van der Waals surface area contributed by atoms with E-state index in [4.69, 9.17) is 4.74 Å². The number of hydrogen-bond donors (Lipinski definition) is 1. The highest BCUT2D eigenvalue weighted by atomic mass is 16.5. The van der Waals surface area contributed by atoms with Gasteiger partial charge in [0.05, 0.1) is 12.8 Å². The molecule has 0 aliphatic carbocycles. The van der Waals surface area contributed by atoms with Crippen molar-refractivity contribution in [1.82, 2.24) is 0 Å². The smallest absolute Gasteiger partial charge is 0.127 e. The summed E-state index contributed by atoms with van der Waals surface area (Å²) < 4.78 is 5.84. The molecule has 0 aromatic heterocycles. The molecule has 0 rings (SSSR count). The van der Waals surface area contributed by atoms with Gasteiger partial charge in [0.2, 0.25) is 0 Å². The zero-order chi connectivity index (χ0) is 12.8. The predicted molar refractivity (Wildman–Crippen MR) is 75.0 cm³/mol. The van der Waals surface area contributed by atoms with Gasteiger partial charge < -0.3 is 9.84 Å². The molecule has 94 valence electrons. The van der Waals surface area contributed by atoms with Crippen molar-refractivity contribution in [2.75, 3.05) is 6.61 Å². The van der Waals surface area contributed by atoms with E-state index in [0.29, 0.717) is 13.0 Å². The zero-order valence-corrected chi connectivity index (χ0v) is 12.0. The first-order valence-corrected chi connectivity index (χ1v) is 6.52. The predicted octanol–water partition coefficient (Wildman–Crippen LogP) is 1.91. The minimum atomic E-state index is -0.618. The van der Waals surface area contributed by atoms with Gasteiger partial charge >= 0.3 is 0 Å². The topological polar surface area (TPSA) is 29.5 Å². The number of rotatable bonds is 8. The molecule has 1 N–H and O–H groups in total. The molecule has 0 radical (unpaired) electrons. The molecule has 2 nitrogen and oxygen atoms in total. The molecule has 0 saturated carbocycles. The van der Waals surface area contributed by atoms with E-state index >= 15 is 0 Å². The van der Waals surface area contributed by atoms with Crippen LogP contribution in [0.5, 0.6) is 0 Å². The molecule has 0 bridgehead atoms. The normalized spacial score (nSPS) is 14.7. The molecular weight excluding hydrogens is 198 g/mol. The van der Waals surface area contributed by atoms with Crippen LogP contribution in [0.25, 0.3) is 0 Å². The maximum absolute atomic E-state index is 9.59. The van der Waals surface area contributed by atoms with E-state index in [9.17, 15) is 5.11 Å². The molecule has 0 aromatic rings. The van der Waals surface area contributed by atoms with Crippen molar-refractivity contribution in [3.63, 3.8) is 0 Å². The second-order valence-electron chi connectivity index (χ2n) is 6.22. The number of aliphatic hydroxyl groups is 1. The molecule has 1 unspecified atom stereocenters. The van der Waals surface area contributed by atoms with Crippen molar-refractivity contribution in [3.8, 4) is 0 Å². The Morgan fingerprint density at radius 1 is 1.25 bits per heavy atom. The van der Waals surface area contributed by atoms with Gasteiger partial charge in [0, 0.05) is 12.1 Å². The van der Waals surface area contributed by atoms with Gasteiger partial charge in [-0.1, -0.05) is 26.1 Å². The second-order valence-corrected chi connectivity index (χ2v) is 6.22. The molecule has 4 heteroatoms. The monoisotopic (exact) mass is 226 g/mol. The minimum Gasteiger partial charge on any atom is -0.390 e. The maximum atomic E-state index is 9.59.